The SMILES string of the molecule is C=C(C)Cc1[c-]cc(-c2cccc(OCc3ccc(C#N)cc3F)n2)c(C)c1.CC.CC(=O)c1ccc(C)c(C)c1.C[C@H]1CCO1.[Rb+]. The van der Waals surface area contributed by atoms with Gasteiger partial charge in [-0.15, -0.1) is 5.56 Å². The molecule has 0 radical (unpaired) electrons. The molecule has 1 aliphatic heterocycles. The molecule has 1 atom stereocenters. The minimum absolute atomic E-state index is 0. The molecular weight excluding hydrogens is 661 g/mol. The van der Waals surface area contributed by atoms with Crippen molar-refractivity contribution in [3.05, 3.63) is 130 Å². The van der Waals surface area contributed by atoms with E-state index in [1.165, 1.54) is 23.6 Å². The van der Waals surface area contributed by atoms with Crippen LogP contribution < -0.4 is 62.9 Å². The number of hydrogen-bond donors (Lipinski definition) is 0. The second kappa shape index (κ2) is 22.0. The number of pyridine rings is 1. The third-order valence-corrected chi connectivity index (χ3v) is 7.11. The van der Waals surface area contributed by atoms with Crippen LogP contribution in [-0.4, -0.2) is 23.5 Å². The maximum atomic E-state index is 14.0. The van der Waals surface area contributed by atoms with Crippen molar-refractivity contribution in [3.8, 4) is 23.2 Å². The first-order valence-corrected chi connectivity index (χ1v) is 15.6. The van der Waals surface area contributed by atoms with Gasteiger partial charge in [0.2, 0.25) is 5.88 Å². The molecule has 0 unspecified atom stereocenters. The monoisotopic (exact) mass is 706 g/mol. The molecule has 5 rings (SSSR count). The van der Waals surface area contributed by atoms with E-state index in [0.29, 0.717) is 17.5 Å². The smallest absolute Gasteiger partial charge is 0.473 e. The number of rotatable bonds is 7. The fourth-order valence-corrected chi connectivity index (χ4v) is 4.21. The molecule has 1 aliphatic rings. The number of carbonyl (C=O) groups is 1. The van der Waals surface area contributed by atoms with Crippen LogP contribution in [0.3, 0.4) is 0 Å². The Labute approximate surface area is 330 Å². The van der Waals surface area contributed by atoms with Crippen LogP contribution in [0.15, 0.2) is 78.9 Å². The van der Waals surface area contributed by atoms with Crippen LogP contribution >= 0.6 is 0 Å². The van der Waals surface area contributed by atoms with Crippen LogP contribution in [0.4, 0.5) is 4.39 Å². The van der Waals surface area contributed by atoms with Crippen molar-refractivity contribution in [2.75, 3.05) is 6.61 Å². The van der Waals surface area contributed by atoms with E-state index < -0.39 is 5.82 Å². The van der Waals surface area contributed by atoms with E-state index in [4.69, 9.17) is 14.7 Å². The van der Waals surface area contributed by atoms with Crippen LogP contribution in [0.1, 0.15) is 84.8 Å². The van der Waals surface area contributed by atoms with Gasteiger partial charge in [0.05, 0.1) is 17.7 Å². The average Bonchev–Trinajstić information content (AvgIpc) is 3.02. The summed E-state index contributed by atoms with van der Waals surface area (Å²) in [7, 11) is 0. The summed E-state index contributed by atoms with van der Waals surface area (Å²) in [5, 5.41) is 8.82. The Kier molecular flexibility index (Phi) is 19.7. The van der Waals surface area contributed by atoms with Crippen LogP contribution in [0.2, 0.25) is 0 Å². The standard InChI is InChI=1S/C24H20FN2O.C10H12O.C4H8O.C2H6.Rb/c1-16(2)11-18-8-10-21(17(3)12-18)23-5-4-6-24(27-23)28-15-20-9-7-19(14-26)13-22(20)25;1-7-4-5-10(9(3)11)6-8(7)2;1-4-2-3-5-4;1-2;/h4-7,9-10,12-13H,1,11,15H2,2-3H3;4-6H,1-3H3;4H,2-3H2,1H3;1-2H3;/q-1;;;;+1/t;;4-;;/m..0../s1. The van der Waals surface area contributed by atoms with Crippen molar-refractivity contribution in [1.29, 1.82) is 5.26 Å². The summed E-state index contributed by atoms with van der Waals surface area (Å²) in [6, 6.07) is 24.8. The van der Waals surface area contributed by atoms with Gasteiger partial charge in [-0.25, -0.2) is 9.37 Å². The quantitative estimate of drug-likeness (QED) is 0.119. The zero-order valence-electron chi connectivity index (χ0n) is 29.5. The number of hydrogen-bond acceptors (Lipinski definition) is 5. The van der Waals surface area contributed by atoms with Crippen molar-refractivity contribution in [2.24, 2.45) is 0 Å². The molecule has 0 bridgehead atoms. The zero-order valence-corrected chi connectivity index (χ0v) is 34.4. The van der Waals surface area contributed by atoms with Gasteiger partial charge < -0.3 is 9.47 Å². The Hall–Kier alpha value is -2.79. The molecule has 3 aromatic carbocycles. The molecule has 0 spiro atoms. The van der Waals surface area contributed by atoms with E-state index in [-0.39, 0.29) is 76.1 Å². The molecule has 7 heteroatoms. The Bertz CT molecular complexity index is 1660. The van der Waals surface area contributed by atoms with Crippen molar-refractivity contribution in [3.63, 3.8) is 0 Å². The molecule has 242 valence electrons. The molecule has 1 fully saturated rings. The van der Waals surface area contributed by atoms with Gasteiger partial charge in [0.15, 0.2) is 5.78 Å². The molecule has 1 saturated heterocycles. The predicted octanol–water partition coefficient (Wildman–Crippen LogP) is 6.90. The third kappa shape index (κ3) is 14.5. The summed E-state index contributed by atoms with van der Waals surface area (Å²) in [5.74, 6) is 0.0773. The molecule has 4 aromatic rings. The largest absolute Gasteiger partial charge is 1.00 e. The van der Waals surface area contributed by atoms with Crippen molar-refractivity contribution < 1.29 is 76.8 Å². The number of carbonyl (C=O) groups excluding carboxylic acids is 1. The third-order valence-electron chi connectivity index (χ3n) is 7.11. The fraction of sp³-hybridized carbons (Fsp3) is 0.325. The van der Waals surface area contributed by atoms with Gasteiger partial charge in [0, 0.05) is 29.5 Å². The number of ketones is 1. The Balaban J connectivity index is 0.000000476. The number of Topliss-reactive ketones (excluding diaryl/α,β-unsaturated/α-hetero) is 1. The van der Waals surface area contributed by atoms with Gasteiger partial charge in [-0.1, -0.05) is 57.2 Å². The fourth-order valence-electron chi connectivity index (χ4n) is 4.21. The summed E-state index contributed by atoms with van der Waals surface area (Å²) in [4.78, 5) is 15.4. The van der Waals surface area contributed by atoms with Gasteiger partial charge in [-0.3, -0.25) is 4.79 Å². The second-order valence-electron chi connectivity index (χ2n) is 11.1. The number of halogens is 1. The molecule has 1 aromatic heterocycles. The summed E-state index contributed by atoms with van der Waals surface area (Å²) >= 11 is 0. The maximum Gasteiger partial charge on any atom is 1.00 e. The van der Waals surface area contributed by atoms with Crippen LogP contribution in [0, 0.1) is 44.0 Å². The number of ether oxygens (including phenoxy) is 2. The first-order chi connectivity index (χ1) is 22.0. The molecular formula is C40H46FN2O3Rb. The normalized spacial score (nSPS) is 12.5. The minimum atomic E-state index is -0.464. The van der Waals surface area contributed by atoms with Gasteiger partial charge >= 0.3 is 58.2 Å². The summed E-state index contributed by atoms with van der Waals surface area (Å²) in [5.41, 5.74) is 8.89. The topological polar surface area (TPSA) is 72.2 Å². The van der Waals surface area contributed by atoms with Gasteiger partial charge in [0.1, 0.15) is 12.4 Å². The summed E-state index contributed by atoms with van der Waals surface area (Å²) < 4.78 is 24.6. The van der Waals surface area contributed by atoms with Crippen molar-refractivity contribution in [1.82, 2.24) is 4.98 Å². The van der Waals surface area contributed by atoms with Crippen LogP contribution in [0.5, 0.6) is 5.88 Å². The van der Waals surface area contributed by atoms with E-state index in [2.05, 4.69) is 30.6 Å². The van der Waals surface area contributed by atoms with Gasteiger partial charge in [-0.2, -0.15) is 34.6 Å². The van der Waals surface area contributed by atoms with Gasteiger partial charge in [0.25, 0.3) is 0 Å². The maximum absolute atomic E-state index is 14.0. The van der Waals surface area contributed by atoms with E-state index in [1.54, 1.807) is 25.1 Å². The van der Waals surface area contributed by atoms with E-state index >= 15 is 0 Å². The average molecular weight is 707 g/mol. The van der Waals surface area contributed by atoms with Crippen LogP contribution in [-0.2, 0) is 17.8 Å². The molecule has 0 saturated carbocycles. The van der Waals surface area contributed by atoms with E-state index in [0.717, 1.165) is 46.5 Å². The van der Waals surface area contributed by atoms with Gasteiger partial charge in [-0.05, 0) is 82.9 Å². The number of aromatic nitrogens is 1. The molecule has 5 nitrogen and oxygen atoms in total. The number of nitrogens with zero attached hydrogens (tertiary/aromatic N) is 2. The van der Waals surface area contributed by atoms with E-state index in [9.17, 15) is 9.18 Å². The van der Waals surface area contributed by atoms with E-state index in [1.807, 2.05) is 84.0 Å². The first-order valence-electron chi connectivity index (χ1n) is 15.6. The first kappa shape index (κ1) is 42.2. The Morgan fingerprint density at radius 3 is 2.26 bits per heavy atom. The molecule has 0 N–H and O–H groups in total. The number of allylic oxidation sites excluding steroid dienone is 1. The molecule has 47 heavy (non-hydrogen) atoms. The number of benzene rings is 3. The summed E-state index contributed by atoms with van der Waals surface area (Å²) in [6.45, 7) is 20.7. The molecule has 0 amide bonds. The Morgan fingerprint density at radius 1 is 1.06 bits per heavy atom. The van der Waals surface area contributed by atoms with Crippen molar-refractivity contribution in [2.45, 2.75) is 80.9 Å². The Morgan fingerprint density at radius 2 is 1.74 bits per heavy atom. The minimum Gasteiger partial charge on any atom is -0.473 e. The van der Waals surface area contributed by atoms with Crippen LogP contribution in [0.25, 0.3) is 11.3 Å². The molecule has 0 aliphatic carbocycles. The second-order valence-corrected chi connectivity index (χ2v) is 11.1. The zero-order chi connectivity index (χ0) is 34.2. The number of nitriles is 1. The summed E-state index contributed by atoms with van der Waals surface area (Å²) in [6.07, 6.45) is 2.63. The van der Waals surface area contributed by atoms with Crippen molar-refractivity contribution >= 4 is 5.78 Å². The predicted molar refractivity (Wildman–Crippen MR) is 185 cm³/mol. The number of aryl methyl sites for hydroxylation is 3. The molecule has 2 heterocycles.